The van der Waals surface area contributed by atoms with E-state index in [1.807, 2.05) is 0 Å². The lowest BCUT2D eigenvalue weighted by atomic mass is 10.1. The Morgan fingerprint density at radius 2 is 1.18 bits per heavy atom. The van der Waals surface area contributed by atoms with E-state index in [-0.39, 0.29) is 27.1 Å². The van der Waals surface area contributed by atoms with Crippen molar-refractivity contribution in [3.05, 3.63) is 72.0 Å². The third-order valence-electron chi connectivity index (χ3n) is 7.63. The van der Waals surface area contributed by atoms with E-state index >= 15 is 0 Å². The van der Waals surface area contributed by atoms with Gasteiger partial charge in [-0.1, -0.05) is 6.07 Å². The molecule has 0 saturated heterocycles. The Kier molecular flexibility index (Phi) is 13.9. The number of azo groups is 1. The summed E-state index contributed by atoms with van der Waals surface area (Å²) in [6, 6.07) is 11.1. The van der Waals surface area contributed by atoms with Crippen LogP contribution in [0.25, 0.3) is 10.8 Å². The molecule has 1 heterocycles. The van der Waals surface area contributed by atoms with Crippen LogP contribution in [0.1, 0.15) is 0 Å². The van der Waals surface area contributed by atoms with Crippen LogP contribution >= 0.6 is 11.6 Å². The smallest absolute Gasteiger partial charge is 0.397 e. The van der Waals surface area contributed by atoms with Gasteiger partial charge in [-0.2, -0.15) is 53.7 Å². The summed E-state index contributed by atoms with van der Waals surface area (Å²) in [5.41, 5.74) is -1.59. The van der Waals surface area contributed by atoms with Gasteiger partial charge in [0, 0.05) is 11.1 Å². The number of aromatic nitrogens is 3. The molecule has 5 aromatic rings. The Bertz CT molecular complexity index is 3300. The maximum atomic E-state index is 12.7. The predicted molar refractivity (Wildman–Crippen MR) is 213 cm³/mol. The van der Waals surface area contributed by atoms with Crippen molar-refractivity contribution in [3.8, 4) is 5.75 Å². The highest BCUT2D eigenvalue weighted by atomic mass is 35.5. The molecule has 26 nitrogen and oxygen atoms in total. The van der Waals surface area contributed by atoms with Crippen LogP contribution in [0.3, 0.4) is 0 Å². The van der Waals surface area contributed by atoms with Gasteiger partial charge in [0.2, 0.25) is 17.2 Å². The number of nitrogens with zero attached hydrogens (tertiary/aromatic N) is 5. The van der Waals surface area contributed by atoms with Gasteiger partial charge in [-0.05, 0) is 77.7 Å². The Hall–Kier alpha value is -5.10. The molecule has 0 unspecified atom stereocenters. The van der Waals surface area contributed by atoms with Crippen molar-refractivity contribution in [2.75, 3.05) is 35.4 Å². The number of anilines is 4. The van der Waals surface area contributed by atoms with Gasteiger partial charge in [0.05, 0.1) is 50.8 Å². The summed E-state index contributed by atoms with van der Waals surface area (Å²) < 4.78 is 189. The van der Waals surface area contributed by atoms with Crippen molar-refractivity contribution >= 4 is 118 Å². The van der Waals surface area contributed by atoms with E-state index in [0.717, 1.165) is 42.5 Å². The zero-order valence-electron chi connectivity index (χ0n) is 30.2. The largest absolute Gasteiger partial charge is 0.505 e. The van der Waals surface area contributed by atoms with Crippen LogP contribution in [0.4, 0.5) is 34.6 Å². The highest BCUT2D eigenvalue weighted by Crippen LogP contribution is 2.45. The fraction of sp³-hybridized carbons (Fsp3) is 0.138. The first-order valence-electron chi connectivity index (χ1n) is 16.1. The topological polar surface area (TPSA) is 412 Å². The molecule has 0 fully saturated rings. The molecule has 0 bridgehead atoms. The molecule has 62 heavy (non-hydrogen) atoms. The normalized spacial score (nSPS) is 13.1. The highest BCUT2D eigenvalue weighted by molar-refractivity contribution is 7.91. The molecule has 0 aliphatic carbocycles. The van der Waals surface area contributed by atoms with Gasteiger partial charge in [0.25, 0.3) is 20.2 Å². The zero-order chi connectivity index (χ0) is 46.1. The molecule has 1 aromatic heterocycles. The number of fused-ring (bicyclic) bond motifs is 1. The average Bonchev–Trinajstić information content (AvgIpc) is 3.12. The highest BCUT2D eigenvalue weighted by Gasteiger charge is 2.26. The van der Waals surface area contributed by atoms with E-state index in [9.17, 15) is 64.7 Å². The van der Waals surface area contributed by atoms with Crippen LogP contribution < -0.4 is 10.6 Å². The second kappa shape index (κ2) is 17.9. The van der Waals surface area contributed by atoms with Gasteiger partial charge in [-0.3, -0.25) is 18.2 Å². The minimum absolute atomic E-state index is 0.0146. The van der Waals surface area contributed by atoms with E-state index in [0.29, 0.717) is 12.1 Å². The van der Waals surface area contributed by atoms with Crippen LogP contribution in [0.2, 0.25) is 5.28 Å². The molecular weight excluding hydrogens is 978 g/mol. The van der Waals surface area contributed by atoms with Crippen LogP contribution in [0, 0.1) is 0 Å². The second-order valence-electron chi connectivity index (χ2n) is 12.0. The number of sulfone groups is 2. The maximum absolute atomic E-state index is 12.7. The predicted octanol–water partition coefficient (Wildman–Crippen LogP) is 2.97. The quantitative estimate of drug-likeness (QED) is 0.0490. The first-order chi connectivity index (χ1) is 28.5. The first-order valence-corrected chi connectivity index (χ1v) is 25.4. The van der Waals surface area contributed by atoms with Gasteiger partial charge >= 0.3 is 20.8 Å². The monoisotopic (exact) mass is 1000 g/mol. The average molecular weight is 1000 g/mol. The number of hydrogen-bond acceptors (Lipinski definition) is 22. The molecule has 0 spiro atoms. The zero-order valence-corrected chi connectivity index (χ0v) is 35.8. The number of hydrogen-bond donors (Lipinski definition) is 7. The third-order valence-corrected chi connectivity index (χ3v) is 13.8. The Labute approximate surface area is 355 Å². The molecule has 5 rings (SSSR count). The SMILES string of the molecule is O=S(=O)(O)OCCS(=O)(=O)c1ccc(N=Nc2c(S(=O)(=O)O)cc3cc(S(=O)(=O)O)cc(Nc4nc(Cl)nc(Nc5cccc(S(=O)(=O)CCOS(=O)(=O)O)c5)n4)c3c2O)cc1. The summed E-state index contributed by atoms with van der Waals surface area (Å²) in [7, 11) is -28.6. The lowest BCUT2D eigenvalue weighted by Crippen LogP contribution is -2.15. The number of phenols is 1. The van der Waals surface area contributed by atoms with Crippen LogP contribution in [-0.2, 0) is 69.1 Å². The van der Waals surface area contributed by atoms with Crippen molar-refractivity contribution in [3.63, 3.8) is 0 Å². The fourth-order valence-electron chi connectivity index (χ4n) is 5.04. The van der Waals surface area contributed by atoms with Crippen molar-refractivity contribution in [2.45, 2.75) is 19.6 Å². The van der Waals surface area contributed by atoms with Gasteiger partial charge in [-0.15, -0.1) is 5.11 Å². The third kappa shape index (κ3) is 12.7. The van der Waals surface area contributed by atoms with E-state index in [2.05, 4.69) is 44.2 Å². The number of benzene rings is 4. The Balaban J connectivity index is 1.53. The molecule has 7 N–H and O–H groups in total. The van der Waals surface area contributed by atoms with Crippen LogP contribution in [0.5, 0.6) is 5.75 Å². The molecule has 0 amide bonds. The molecule has 0 radical (unpaired) electrons. The van der Waals surface area contributed by atoms with Gasteiger partial charge in [0.1, 0.15) is 10.6 Å². The van der Waals surface area contributed by atoms with E-state index in [4.69, 9.17) is 20.7 Å². The molecule has 0 saturated carbocycles. The second-order valence-corrected chi connectivity index (χ2v) is 21.5. The van der Waals surface area contributed by atoms with Crippen molar-refractivity contribution in [1.82, 2.24) is 15.0 Å². The molecule has 33 heteroatoms. The lowest BCUT2D eigenvalue weighted by Gasteiger charge is -2.15. The van der Waals surface area contributed by atoms with Gasteiger partial charge in [0.15, 0.2) is 25.4 Å². The molecule has 334 valence electrons. The summed E-state index contributed by atoms with van der Waals surface area (Å²) in [4.78, 5) is 9.09. The molecule has 0 aliphatic rings. The molecule has 4 aromatic carbocycles. The van der Waals surface area contributed by atoms with Crippen LogP contribution in [-0.4, -0.2) is 113 Å². The summed E-state index contributed by atoms with van der Waals surface area (Å²) in [6.45, 7) is -1.83. The van der Waals surface area contributed by atoms with E-state index in [1.165, 1.54) is 12.1 Å². The van der Waals surface area contributed by atoms with E-state index in [1.54, 1.807) is 0 Å². The number of nitrogens with one attached hydrogen (secondary N) is 2. The number of phenolic OH excluding ortho intramolecular Hbond substituents is 1. The summed E-state index contributed by atoms with van der Waals surface area (Å²) in [5.74, 6) is -3.72. The lowest BCUT2D eigenvalue weighted by molar-refractivity contribution is 0.282. The summed E-state index contributed by atoms with van der Waals surface area (Å²) >= 11 is 6.10. The molecule has 0 aliphatic heterocycles. The van der Waals surface area contributed by atoms with Crippen molar-refractivity contribution < 1.29 is 82.2 Å². The summed E-state index contributed by atoms with van der Waals surface area (Å²) in [6.07, 6.45) is 0. The number of rotatable bonds is 18. The van der Waals surface area contributed by atoms with Gasteiger partial charge in [-0.25, -0.2) is 25.2 Å². The van der Waals surface area contributed by atoms with Crippen LogP contribution in [0.15, 0.2) is 96.5 Å². The Morgan fingerprint density at radius 1 is 0.613 bits per heavy atom. The van der Waals surface area contributed by atoms with E-state index < -0.39 is 134 Å². The summed E-state index contributed by atoms with van der Waals surface area (Å²) in [5, 5.41) is 22.7. The molecule has 0 atom stereocenters. The first kappa shape index (κ1) is 47.9. The van der Waals surface area contributed by atoms with Crippen molar-refractivity contribution in [1.29, 1.82) is 0 Å². The number of aromatic hydroxyl groups is 1. The minimum Gasteiger partial charge on any atom is -0.505 e. The van der Waals surface area contributed by atoms with Gasteiger partial charge < -0.3 is 15.7 Å². The minimum atomic E-state index is -5.32. The van der Waals surface area contributed by atoms with Crippen molar-refractivity contribution in [2.24, 2.45) is 10.2 Å². The fourth-order valence-corrected chi connectivity index (χ4v) is 9.42. The standard InChI is InChI=1S/C29H26ClN7O19S6/c30-27-33-28(31-18-2-1-3-20(14-18)58(41,42)11-9-56-62(52,53)54)35-29(34-27)32-22-15-21(59(43,44)45)12-16-13-23(60(46,47)48)25(26(38)24(16)22)37-36-17-4-6-19(7-5-17)57(39,40)10-8-55-61(49,50)51/h1-7,12-15,38H,8-11H2,(H,43,44,45)(H,46,47,48)(H,49,50,51)(H,52,53,54)(H2,31,32,33,34,35). The maximum Gasteiger partial charge on any atom is 0.397 e. The number of halogens is 1. The Morgan fingerprint density at radius 3 is 1.73 bits per heavy atom. The molecular formula is C29H26ClN7O19S6.